The molecule has 5 nitrogen and oxygen atoms in total. The zero-order valence-electron chi connectivity index (χ0n) is 15.7. The summed E-state index contributed by atoms with van der Waals surface area (Å²) in [6.45, 7) is 1.30. The molecule has 1 aliphatic heterocycles. The molecular formula is C22H20F2N4O. The summed E-state index contributed by atoms with van der Waals surface area (Å²) in [6.07, 6.45) is 3.27. The lowest BCUT2D eigenvalue weighted by Gasteiger charge is -2.33. The lowest BCUT2D eigenvalue weighted by atomic mass is 9.97. The molecule has 4 rings (SSSR count). The number of aromatic nitrogens is 2. The SMILES string of the molecule is O=C(Nc1cccc(F)c1)[C@H]1CCCN(c2ccnc(-c3ccc(F)cc3)n2)C1. The molecule has 0 unspecified atom stereocenters. The van der Waals surface area contributed by atoms with Gasteiger partial charge in [-0.25, -0.2) is 18.7 Å². The summed E-state index contributed by atoms with van der Waals surface area (Å²) in [5.41, 5.74) is 1.18. The van der Waals surface area contributed by atoms with Gasteiger partial charge >= 0.3 is 0 Å². The predicted molar refractivity (Wildman–Crippen MR) is 107 cm³/mol. The Morgan fingerprint density at radius 1 is 1.07 bits per heavy atom. The first kappa shape index (κ1) is 19.0. The van der Waals surface area contributed by atoms with Crippen molar-refractivity contribution < 1.29 is 13.6 Å². The monoisotopic (exact) mass is 394 g/mol. The zero-order chi connectivity index (χ0) is 20.2. The summed E-state index contributed by atoms with van der Waals surface area (Å²) in [7, 11) is 0. The second-order valence-electron chi connectivity index (χ2n) is 7.03. The maximum atomic E-state index is 13.3. The molecule has 1 fully saturated rings. The number of anilines is 2. The molecular weight excluding hydrogens is 374 g/mol. The van der Waals surface area contributed by atoms with Crippen molar-refractivity contribution in [2.75, 3.05) is 23.3 Å². The molecule has 0 radical (unpaired) electrons. The van der Waals surface area contributed by atoms with Gasteiger partial charge < -0.3 is 10.2 Å². The average Bonchev–Trinajstić information content (AvgIpc) is 2.74. The highest BCUT2D eigenvalue weighted by Crippen LogP contribution is 2.25. The van der Waals surface area contributed by atoms with Gasteiger partial charge in [0.25, 0.3) is 0 Å². The molecule has 2 heterocycles. The predicted octanol–water partition coefficient (Wildman–Crippen LogP) is 4.28. The van der Waals surface area contributed by atoms with Crippen molar-refractivity contribution >= 4 is 17.4 Å². The number of amides is 1. The Balaban J connectivity index is 1.47. The highest BCUT2D eigenvalue weighted by molar-refractivity contribution is 5.93. The topological polar surface area (TPSA) is 58.1 Å². The Bertz CT molecular complexity index is 1010. The van der Waals surface area contributed by atoms with Crippen LogP contribution in [0.25, 0.3) is 11.4 Å². The number of piperidine rings is 1. The van der Waals surface area contributed by atoms with Crippen LogP contribution in [0.5, 0.6) is 0 Å². The van der Waals surface area contributed by atoms with Crippen molar-refractivity contribution in [1.82, 2.24) is 9.97 Å². The first-order valence-electron chi connectivity index (χ1n) is 9.49. The lowest BCUT2D eigenvalue weighted by molar-refractivity contribution is -0.120. The van der Waals surface area contributed by atoms with E-state index in [1.807, 2.05) is 4.90 Å². The van der Waals surface area contributed by atoms with E-state index in [1.165, 1.54) is 24.3 Å². The van der Waals surface area contributed by atoms with E-state index in [1.54, 1.807) is 36.5 Å². The Labute approximate surface area is 167 Å². The van der Waals surface area contributed by atoms with Crippen LogP contribution in [0.3, 0.4) is 0 Å². The minimum Gasteiger partial charge on any atom is -0.356 e. The number of halogens is 2. The van der Waals surface area contributed by atoms with Crippen LogP contribution in [0.2, 0.25) is 0 Å². The fourth-order valence-corrected chi connectivity index (χ4v) is 3.47. The van der Waals surface area contributed by atoms with E-state index < -0.39 is 0 Å². The van der Waals surface area contributed by atoms with E-state index in [0.717, 1.165) is 30.8 Å². The third-order valence-electron chi connectivity index (χ3n) is 4.95. The van der Waals surface area contributed by atoms with Crippen LogP contribution in [0.1, 0.15) is 12.8 Å². The van der Waals surface area contributed by atoms with Gasteiger partial charge in [0, 0.05) is 30.5 Å². The fourth-order valence-electron chi connectivity index (χ4n) is 3.47. The molecule has 2 aromatic carbocycles. The summed E-state index contributed by atoms with van der Waals surface area (Å²) >= 11 is 0. The van der Waals surface area contributed by atoms with Gasteiger partial charge in [-0.05, 0) is 61.4 Å². The van der Waals surface area contributed by atoms with E-state index in [-0.39, 0.29) is 23.5 Å². The molecule has 1 saturated heterocycles. The van der Waals surface area contributed by atoms with Crippen molar-refractivity contribution in [2.24, 2.45) is 5.92 Å². The number of benzene rings is 2. The molecule has 0 aliphatic carbocycles. The van der Waals surface area contributed by atoms with E-state index in [9.17, 15) is 13.6 Å². The third kappa shape index (κ3) is 4.56. The van der Waals surface area contributed by atoms with Crippen LogP contribution in [0.15, 0.2) is 60.8 Å². The normalized spacial score (nSPS) is 16.5. The van der Waals surface area contributed by atoms with E-state index in [2.05, 4.69) is 15.3 Å². The van der Waals surface area contributed by atoms with E-state index >= 15 is 0 Å². The molecule has 1 atom stereocenters. The minimum absolute atomic E-state index is 0.131. The van der Waals surface area contributed by atoms with E-state index in [4.69, 9.17) is 0 Å². The van der Waals surface area contributed by atoms with Crippen LogP contribution in [0, 0.1) is 17.6 Å². The minimum atomic E-state index is -0.387. The molecule has 29 heavy (non-hydrogen) atoms. The van der Waals surface area contributed by atoms with Crippen molar-refractivity contribution in [3.63, 3.8) is 0 Å². The van der Waals surface area contributed by atoms with Gasteiger partial charge in [-0.15, -0.1) is 0 Å². The van der Waals surface area contributed by atoms with Gasteiger partial charge in [0.05, 0.1) is 5.92 Å². The Hall–Kier alpha value is -3.35. The summed E-state index contributed by atoms with van der Waals surface area (Å²) in [6, 6.07) is 13.7. The Morgan fingerprint density at radius 2 is 1.90 bits per heavy atom. The van der Waals surface area contributed by atoms with Crippen molar-refractivity contribution in [3.05, 3.63) is 72.4 Å². The number of hydrogen-bond donors (Lipinski definition) is 1. The van der Waals surface area contributed by atoms with Gasteiger partial charge in [-0.3, -0.25) is 4.79 Å². The molecule has 1 N–H and O–H groups in total. The first-order chi connectivity index (χ1) is 14.1. The number of carbonyl (C=O) groups excluding carboxylic acids is 1. The number of hydrogen-bond acceptors (Lipinski definition) is 4. The van der Waals surface area contributed by atoms with Crippen LogP contribution in [-0.4, -0.2) is 29.0 Å². The first-order valence-corrected chi connectivity index (χ1v) is 9.49. The van der Waals surface area contributed by atoms with Crippen molar-refractivity contribution in [3.8, 4) is 11.4 Å². The molecule has 3 aromatic rings. The van der Waals surface area contributed by atoms with Crippen molar-refractivity contribution in [1.29, 1.82) is 0 Å². The maximum absolute atomic E-state index is 13.3. The number of nitrogens with one attached hydrogen (secondary N) is 1. The third-order valence-corrected chi connectivity index (χ3v) is 4.95. The Morgan fingerprint density at radius 3 is 2.69 bits per heavy atom. The van der Waals surface area contributed by atoms with Crippen LogP contribution >= 0.6 is 0 Å². The molecule has 7 heteroatoms. The smallest absolute Gasteiger partial charge is 0.229 e. The average molecular weight is 394 g/mol. The molecule has 1 aromatic heterocycles. The number of nitrogens with zero attached hydrogens (tertiary/aromatic N) is 3. The fraction of sp³-hybridized carbons (Fsp3) is 0.227. The summed E-state index contributed by atoms with van der Waals surface area (Å²) in [5, 5.41) is 2.79. The molecule has 1 aliphatic rings. The Kier molecular flexibility index (Phi) is 5.46. The molecule has 1 amide bonds. The number of carbonyl (C=O) groups is 1. The lowest BCUT2D eigenvalue weighted by Crippen LogP contribution is -2.41. The van der Waals surface area contributed by atoms with Gasteiger partial charge in [0.15, 0.2) is 5.82 Å². The molecule has 0 saturated carbocycles. The molecule has 0 spiro atoms. The highest BCUT2D eigenvalue weighted by atomic mass is 19.1. The summed E-state index contributed by atoms with van der Waals surface area (Å²) in [4.78, 5) is 23.6. The van der Waals surface area contributed by atoms with Gasteiger partial charge in [0.1, 0.15) is 17.5 Å². The zero-order valence-corrected chi connectivity index (χ0v) is 15.7. The quantitative estimate of drug-likeness (QED) is 0.718. The highest BCUT2D eigenvalue weighted by Gasteiger charge is 2.27. The van der Waals surface area contributed by atoms with Crippen LogP contribution in [0.4, 0.5) is 20.3 Å². The summed E-state index contributed by atoms with van der Waals surface area (Å²) < 4.78 is 26.5. The van der Waals surface area contributed by atoms with Gasteiger partial charge in [0.2, 0.25) is 5.91 Å². The second kappa shape index (κ2) is 8.34. The van der Waals surface area contributed by atoms with Crippen LogP contribution < -0.4 is 10.2 Å². The van der Waals surface area contributed by atoms with Gasteiger partial charge in [-0.1, -0.05) is 6.07 Å². The second-order valence-corrected chi connectivity index (χ2v) is 7.03. The van der Waals surface area contributed by atoms with Gasteiger partial charge in [-0.2, -0.15) is 0 Å². The number of rotatable bonds is 4. The van der Waals surface area contributed by atoms with E-state index in [0.29, 0.717) is 18.1 Å². The summed E-state index contributed by atoms with van der Waals surface area (Å²) in [5.74, 6) is 0.177. The van der Waals surface area contributed by atoms with Crippen LogP contribution in [-0.2, 0) is 4.79 Å². The standard InChI is InChI=1S/C22H20F2N4O/c23-17-8-6-15(7-9-17)21-25-11-10-20(27-21)28-12-2-3-16(14-28)22(29)26-19-5-1-4-18(24)13-19/h1,4-11,13,16H,2-3,12,14H2,(H,26,29)/t16-/m0/s1. The largest absolute Gasteiger partial charge is 0.356 e. The molecule has 0 bridgehead atoms. The maximum Gasteiger partial charge on any atom is 0.229 e. The molecule has 148 valence electrons. The van der Waals surface area contributed by atoms with Crippen molar-refractivity contribution in [2.45, 2.75) is 12.8 Å².